The molecule has 0 aromatic carbocycles. The van der Waals surface area contributed by atoms with Crippen LogP contribution in [-0.2, 0) is 4.79 Å². The fourth-order valence-electron chi connectivity index (χ4n) is 2.04. The Hall–Kier alpha value is -0.830. The predicted octanol–water partition coefficient (Wildman–Crippen LogP) is 1.80. The van der Waals surface area contributed by atoms with Crippen molar-refractivity contribution in [3.8, 4) is 0 Å². The summed E-state index contributed by atoms with van der Waals surface area (Å²) in [5.41, 5.74) is 0. The number of rotatable bonds is 6. The van der Waals surface area contributed by atoms with Crippen molar-refractivity contribution in [3.05, 3.63) is 12.7 Å². The monoisotopic (exact) mass is 212 g/mol. The van der Waals surface area contributed by atoms with Crippen LogP contribution in [0.4, 0.5) is 0 Å². The highest BCUT2D eigenvalue weighted by Crippen LogP contribution is 2.09. The molecule has 0 spiro atoms. The maximum atomic E-state index is 11.0. The van der Waals surface area contributed by atoms with Gasteiger partial charge in [-0.15, -0.1) is 0 Å². The molecule has 0 radical (unpaired) electrons. The Balaban J connectivity index is 4.20. The van der Waals surface area contributed by atoms with E-state index in [-0.39, 0.29) is 5.91 Å². The normalized spacial score (nSPS) is 13.3. The van der Waals surface area contributed by atoms with E-state index in [0.29, 0.717) is 24.7 Å². The standard InChI is InChI=1S/C12H24N2O/c1-7-12(15)13-8-11(6)14(9(2)3)10(4)5/h7,9-11H,1,8H2,2-6H3,(H,13,15). The molecule has 3 heteroatoms. The summed E-state index contributed by atoms with van der Waals surface area (Å²) in [5, 5.41) is 2.82. The second kappa shape index (κ2) is 6.62. The van der Waals surface area contributed by atoms with Gasteiger partial charge in [0.25, 0.3) is 0 Å². The van der Waals surface area contributed by atoms with Crippen LogP contribution in [0.5, 0.6) is 0 Å². The quantitative estimate of drug-likeness (QED) is 0.681. The predicted molar refractivity (Wildman–Crippen MR) is 64.8 cm³/mol. The van der Waals surface area contributed by atoms with E-state index in [2.05, 4.69) is 51.4 Å². The molecule has 0 heterocycles. The third kappa shape index (κ3) is 4.98. The van der Waals surface area contributed by atoms with Crippen LogP contribution in [0.1, 0.15) is 34.6 Å². The first-order chi connectivity index (χ1) is 6.90. The lowest BCUT2D eigenvalue weighted by molar-refractivity contribution is -0.116. The number of hydrogen-bond donors (Lipinski definition) is 1. The molecule has 88 valence electrons. The van der Waals surface area contributed by atoms with Crippen molar-refractivity contribution in [1.29, 1.82) is 0 Å². The lowest BCUT2D eigenvalue weighted by atomic mass is 10.1. The molecule has 1 unspecified atom stereocenters. The van der Waals surface area contributed by atoms with E-state index in [1.807, 2.05) is 0 Å². The highest BCUT2D eigenvalue weighted by atomic mass is 16.1. The first-order valence-electron chi connectivity index (χ1n) is 5.57. The van der Waals surface area contributed by atoms with E-state index in [9.17, 15) is 4.79 Å². The molecule has 0 bridgehead atoms. The lowest BCUT2D eigenvalue weighted by Crippen LogP contribution is -2.48. The third-order valence-corrected chi connectivity index (χ3v) is 2.46. The molecule has 0 aromatic rings. The summed E-state index contributed by atoms with van der Waals surface area (Å²) in [6.45, 7) is 14.9. The molecule has 1 atom stereocenters. The van der Waals surface area contributed by atoms with Gasteiger partial charge < -0.3 is 5.32 Å². The second-order valence-electron chi connectivity index (χ2n) is 4.43. The molecule has 0 saturated carbocycles. The minimum Gasteiger partial charge on any atom is -0.351 e. The smallest absolute Gasteiger partial charge is 0.243 e. The Kier molecular flexibility index (Phi) is 6.25. The molecule has 0 rings (SSSR count). The Labute approximate surface area is 93.5 Å². The molecule has 1 N–H and O–H groups in total. The van der Waals surface area contributed by atoms with Crippen LogP contribution >= 0.6 is 0 Å². The van der Waals surface area contributed by atoms with Gasteiger partial charge >= 0.3 is 0 Å². The summed E-state index contributed by atoms with van der Waals surface area (Å²) < 4.78 is 0. The molecule has 0 aliphatic carbocycles. The molecule has 0 aliphatic rings. The molecule has 0 aromatic heterocycles. The molecule has 1 amide bonds. The summed E-state index contributed by atoms with van der Waals surface area (Å²) in [6, 6.07) is 1.31. The van der Waals surface area contributed by atoms with Crippen molar-refractivity contribution in [2.45, 2.75) is 52.7 Å². The van der Waals surface area contributed by atoms with Crippen molar-refractivity contribution < 1.29 is 4.79 Å². The largest absolute Gasteiger partial charge is 0.351 e. The Morgan fingerprint density at radius 1 is 1.27 bits per heavy atom. The summed E-state index contributed by atoms with van der Waals surface area (Å²) in [6.07, 6.45) is 1.31. The van der Waals surface area contributed by atoms with Gasteiger partial charge in [-0.05, 0) is 40.7 Å². The molecule has 0 fully saturated rings. The molecule has 3 nitrogen and oxygen atoms in total. The van der Waals surface area contributed by atoms with Gasteiger partial charge in [0.2, 0.25) is 5.91 Å². The van der Waals surface area contributed by atoms with Gasteiger partial charge in [-0.1, -0.05) is 6.58 Å². The van der Waals surface area contributed by atoms with E-state index in [0.717, 1.165) is 0 Å². The van der Waals surface area contributed by atoms with E-state index < -0.39 is 0 Å². The van der Waals surface area contributed by atoms with Crippen LogP contribution < -0.4 is 5.32 Å². The minimum absolute atomic E-state index is 0.102. The van der Waals surface area contributed by atoms with Crippen molar-refractivity contribution in [2.75, 3.05) is 6.54 Å². The zero-order chi connectivity index (χ0) is 12.0. The number of hydrogen-bond acceptors (Lipinski definition) is 2. The SMILES string of the molecule is C=CC(=O)NCC(C)N(C(C)C)C(C)C. The Morgan fingerprint density at radius 2 is 1.73 bits per heavy atom. The van der Waals surface area contributed by atoms with Crippen LogP contribution in [0.3, 0.4) is 0 Å². The van der Waals surface area contributed by atoms with Gasteiger partial charge in [-0.25, -0.2) is 0 Å². The summed E-state index contributed by atoms with van der Waals surface area (Å²) >= 11 is 0. The second-order valence-corrected chi connectivity index (χ2v) is 4.43. The van der Waals surface area contributed by atoms with Crippen LogP contribution in [-0.4, -0.2) is 35.5 Å². The number of nitrogens with zero attached hydrogens (tertiary/aromatic N) is 1. The van der Waals surface area contributed by atoms with Crippen LogP contribution in [0.2, 0.25) is 0 Å². The first kappa shape index (κ1) is 14.2. The number of amides is 1. The van der Waals surface area contributed by atoms with Gasteiger partial charge in [0.1, 0.15) is 0 Å². The van der Waals surface area contributed by atoms with Crippen molar-refractivity contribution >= 4 is 5.91 Å². The molecule has 0 aliphatic heterocycles. The van der Waals surface area contributed by atoms with Gasteiger partial charge in [0, 0.05) is 24.7 Å². The number of nitrogens with one attached hydrogen (secondary N) is 1. The number of carbonyl (C=O) groups is 1. The molecular weight excluding hydrogens is 188 g/mol. The highest BCUT2D eigenvalue weighted by molar-refractivity contribution is 5.86. The fourth-order valence-corrected chi connectivity index (χ4v) is 2.04. The van der Waals surface area contributed by atoms with Gasteiger partial charge in [-0.2, -0.15) is 0 Å². The highest BCUT2D eigenvalue weighted by Gasteiger charge is 2.19. The fraction of sp³-hybridized carbons (Fsp3) is 0.750. The van der Waals surface area contributed by atoms with E-state index >= 15 is 0 Å². The zero-order valence-corrected chi connectivity index (χ0v) is 10.6. The Morgan fingerprint density at radius 3 is 2.07 bits per heavy atom. The van der Waals surface area contributed by atoms with Crippen molar-refractivity contribution in [1.82, 2.24) is 10.2 Å². The minimum atomic E-state index is -0.102. The van der Waals surface area contributed by atoms with E-state index in [4.69, 9.17) is 0 Å². The average Bonchev–Trinajstić information content (AvgIpc) is 2.12. The summed E-state index contributed by atoms with van der Waals surface area (Å²) in [4.78, 5) is 13.4. The van der Waals surface area contributed by atoms with E-state index in [1.54, 1.807) is 0 Å². The van der Waals surface area contributed by atoms with Gasteiger partial charge in [0.05, 0.1) is 0 Å². The van der Waals surface area contributed by atoms with Crippen LogP contribution in [0.25, 0.3) is 0 Å². The molecule has 0 saturated heterocycles. The zero-order valence-electron chi connectivity index (χ0n) is 10.6. The number of carbonyl (C=O) groups excluding carboxylic acids is 1. The van der Waals surface area contributed by atoms with Crippen LogP contribution in [0.15, 0.2) is 12.7 Å². The molecular formula is C12H24N2O. The van der Waals surface area contributed by atoms with E-state index in [1.165, 1.54) is 6.08 Å². The van der Waals surface area contributed by atoms with Crippen molar-refractivity contribution in [3.63, 3.8) is 0 Å². The maximum absolute atomic E-state index is 11.0. The van der Waals surface area contributed by atoms with Gasteiger partial charge in [-0.3, -0.25) is 9.69 Å². The Bertz CT molecular complexity index is 204. The summed E-state index contributed by atoms with van der Waals surface area (Å²) in [7, 11) is 0. The maximum Gasteiger partial charge on any atom is 0.243 e. The van der Waals surface area contributed by atoms with Crippen molar-refractivity contribution in [2.24, 2.45) is 0 Å². The van der Waals surface area contributed by atoms with Crippen LogP contribution in [0, 0.1) is 0 Å². The molecule has 15 heavy (non-hydrogen) atoms. The summed E-state index contributed by atoms with van der Waals surface area (Å²) in [5.74, 6) is -0.102. The topological polar surface area (TPSA) is 32.3 Å². The van der Waals surface area contributed by atoms with Gasteiger partial charge in [0.15, 0.2) is 0 Å². The lowest BCUT2D eigenvalue weighted by Gasteiger charge is -2.36. The first-order valence-corrected chi connectivity index (χ1v) is 5.57. The average molecular weight is 212 g/mol. The third-order valence-electron chi connectivity index (χ3n) is 2.46.